The molecule has 0 radical (unpaired) electrons. The van der Waals surface area contributed by atoms with Crippen molar-refractivity contribution in [3.05, 3.63) is 131 Å². The molecule has 0 spiro atoms. The first-order chi connectivity index (χ1) is 26.3. The van der Waals surface area contributed by atoms with Crippen LogP contribution >= 0.6 is 7.82 Å². The van der Waals surface area contributed by atoms with E-state index in [1.54, 1.807) is 91.9 Å². The van der Waals surface area contributed by atoms with Gasteiger partial charge in [-0.2, -0.15) is 0 Å². The Hall–Kier alpha value is -5.00. The van der Waals surface area contributed by atoms with E-state index >= 15 is 0 Å². The van der Waals surface area contributed by atoms with Crippen LogP contribution < -0.4 is 9.05 Å². The van der Waals surface area contributed by atoms with Gasteiger partial charge in [-0.1, -0.05) is 114 Å². The van der Waals surface area contributed by atoms with E-state index < -0.39 is 25.7 Å². The molecule has 4 aromatic carbocycles. The molecule has 56 heavy (non-hydrogen) atoms. The molecule has 0 saturated carbocycles. The smallest absolute Gasteiger partial charge is 0.478 e. The molecule has 0 saturated heterocycles. The summed E-state index contributed by atoms with van der Waals surface area (Å²) in [5.41, 5.74) is 2.87. The largest absolute Gasteiger partial charge is 0.625 e. The quantitative estimate of drug-likeness (QED) is 0.0507. The average Bonchev–Trinajstić information content (AvgIpc) is 3.15. The van der Waals surface area contributed by atoms with Crippen molar-refractivity contribution < 1.29 is 58.0 Å². The van der Waals surface area contributed by atoms with E-state index in [0.717, 1.165) is 17.5 Å². The van der Waals surface area contributed by atoms with Gasteiger partial charge in [0.1, 0.15) is 11.5 Å². The number of carboxylic acids is 2. The van der Waals surface area contributed by atoms with E-state index in [0.29, 0.717) is 29.4 Å². The molecule has 306 valence electrons. The molecule has 0 bridgehead atoms. The highest BCUT2D eigenvalue weighted by molar-refractivity contribution is 7.49. The summed E-state index contributed by atoms with van der Waals surface area (Å²) in [5, 5.41) is 34.3. The zero-order chi connectivity index (χ0) is 42.3. The van der Waals surface area contributed by atoms with Gasteiger partial charge >= 0.3 is 25.7 Å². The lowest BCUT2D eigenvalue weighted by Gasteiger charge is -2.18. The number of carbonyl (C=O) groups excluding carboxylic acids is 1. The number of hydrogen-bond donors (Lipinski definition) is 4. The summed E-state index contributed by atoms with van der Waals surface area (Å²) in [6.07, 6.45) is 0.646. The van der Waals surface area contributed by atoms with Crippen LogP contribution in [0.5, 0.6) is 11.5 Å². The van der Waals surface area contributed by atoms with Crippen LogP contribution in [0.25, 0.3) is 0 Å². The summed E-state index contributed by atoms with van der Waals surface area (Å²) in [6, 6.07) is 30.8. The van der Waals surface area contributed by atoms with Crippen LogP contribution in [-0.2, 0) is 18.9 Å². The van der Waals surface area contributed by atoms with Crippen LogP contribution in [-0.4, -0.2) is 50.5 Å². The summed E-state index contributed by atoms with van der Waals surface area (Å²) < 4.78 is 29.2. The Morgan fingerprint density at radius 2 is 0.982 bits per heavy atom. The number of aromatic carboxylic acids is 2. The van der Waals surface area contributed by atoms with E-state index in [2.05, 4.69) is 27.7 Å². The first kappa shape index (κ1) is 49.0. The van der Waals surface area contributed by atoms with Gasteiger partial charge < -0.3 is 29.5 Å². The summed E-state index contributed by atoms with van der Waals surface area (Å²) in [5.74, 6) is -1.10. The van der Waals surface area contributed by atoms with Gasteiger partial charge in [-0.15, -0.1) is 0 Å². The molecule has 2 unspecified atom stereocenters. The van der Waals surface area contributed by atoms with Crippen molar-refractivity contribution in [3.8, 4) is 11.5 Å². The average molecular weight is 797 g/mol. The molecule has 0 aromatic heterocycles. The molecule has 4 N–H and O–H groups in total. The SMILES string of the molecule is CC(C)CC(=O)OOP(=O)(Oc1ccc(C(C)C)cc1)Oc1ccc(C(C)C)cc1.CCC(O)CC(C)O.O=C(O)c1ccccc1.O=C(O)c1ccccc1. The summed E-state index contributed by atoms with van der Waals surface area (Å²) in [6.45, 7) is 15.6. The summed E-state index contributed by atoms with van der Waals surface area (Å²) >= 11 is 0. The highest BCUT2D eigenvalue weighted by atomic mass is 31.2. The second-order valence-electron chi connectivity index (χ2n) is 13.7. The van der Waals surface area contributed by atoms with E-state index in [1.165, 1.54) is 0 Å². The molecule has 0 aliphatic heterocycles. The van der Waals surface area contributed by atoms with Crippen molar-refractivity contribution in [3.63, 3.8) is 0 Å². The predicted molar refractivity (Wildman–Crippen MR) is 216 cm³/mol. The van der Waals surface area contributed by atoms with Crippen LogP contribution in [0.15, 0.2) is 109 Å². The lowest BCUT2D eigenvalue weighted by Crippen LogP contribution is -2.13. The standard InChI is InChI=1S/C23H31O6P.2C7H6O2.C6H14O2/c1-16(2)15-23(24)26-29-30(25,27-21-11-7-19(8-12-21)17(3)4)28-22-13-9-20(10-14-22)18(5)6;2*8-7(9)6-4-2-1-3-5-6;1-3-6(8)4-5(2)7/h7-14,16-18H,15H2,1-6H3;2*1-5H,(H,8,9);5-8H,3-4H2,1-2H3. The maximum Gasteiger partial charge on any atom is 0.625 e. The molecule has 0 amide bonds. The number of aliphatic hydroxyl groups excluding tert-OH is 2. The predicted octanol–water partition coefficient (Wildman–Crippen LogP) is 10.3. The second-order valence-corrected chi connectivity index (χ2v) is 15.1. The minimum atomic E-state index is -4.28. The van der Waals surface area contributed by atoms with Gasteiger partial charge in [0, 0.05) is 0 Å². The molecule has 0 fully saturated rings. The molecular weight excluding hydrogens is 739 g/mol. The van der Waals surface area contributed by atoms with Crippen LogP contribution in [0, 0.1) is 5.92 Å². The Morgan fingerprint density at radius 1 is 0.607 bits per heavy atom. The Kier molecular flexibility index (Phi) is 22.7. The number of carboxylic acid groups (broad SMARTS) is 2. The molecule has 0 aliphatic rings. The van der Waals surface area contributed by atoms with Gasteiger partial charge in [0.2, 0.25) is 0 Å². The third-order valence-electron chi connectivity index (χ3n) is 7.45. The molecule has 4 aromatic rings. The molecular formula is C43H57O12P. The Labute approximate surface area is 330 Å². The zero-order valence-electron chi connectivity index (χ0n) is 33.4. The van der Waals surface area contributed by atoms with Crippen molar-refractivity contribution in [2.24, 2.45) is 5.92 Å². The van der Waals surface area contributed by atoms with E-state index in [-0.39, 0.29) is 36.0 Å². The lowest BCUT2D eigenvalue weighted by atomic mass is 10.0. The Bertz CT molecular complexity index is 1630. The first-order valence-corrected chi connectivity index (χ1v) is 19.8. The molecule has 0 aliphatic carbocycles. The third-order valence-corrected chi connectivity index (χ3v) is 8.58. The number of rotatable bonds is 15. The molecule has 0 heterocycles. The minimum Gasteiger partial charge on any atom is -0.478 e. The fraction of sp³-hybridized carbons (Fsp3) is 0.372. The van der Waals surface area contributed by atoms with E-state index in [1.807, 2.05) is 45.0 Å². The van der Waals surface area contributed by atoms with E-state index in [4.69, 9.17) is 39.0 Å². The number of benzene rings is 4. The Morgan fingerprint density at radius 3 is 1.23 bits per heavy atom. The number of hydrogen-bond acceptors (Lipinski definition) is 10. The molecule has 12 nitrogen and oxygen atoms in total. The summed E-state index contributed by atoms with van der Waals surface area (Å²) in [7, 11) is -4.28. The third kappa shape index (κ3) is 21.2. The lowest BCUT2D eigenvalue weighted by molar-refractivity contribution is -0.221. The first-order valence-electron chi connectivity index (χ1n) is 18.4. The number of phosphoric acid groups is 1. The maximum absolute atomic E-state index is 13.2. The highest BCUT2D eigenvalue weighted by Crippen LogP contribution is 2.50. The number of phosphoric ester groups is 1. The monoisotopic (exact) mass is 796 g/mol. The molecule has 2 atom stereocenters. The second kappa shape index (κ2) is 26.0. The normalized spacial score (nSPS) is 11.7. The minimum absolute atomic E-state index is 0.0643. The zero-order valence-corrected chi connectivity index (χ0v) is 34.3. The van der Waals surface area contributed by atoms with Crippen molar-refractivity contribution in [1.82, 2.24) is 0 Å². The van der Waals surface area contributed by atoms with Gasteiger partial charge in [-0.3, -0.25) is 4.89 Å². The van der Waals surface area contributed by atoms with Crippen molar-refractivity contribution in [2.45, 2.75) is 98.7 Å². The van der Waals surface area contributed by atoms with Crippen LogP contribution in [0.4, 0.5) is 0 Å². The van der Waals surface area contributed by atoms with Gasteiger partial charge in [-0.25, -0.2) is 18.9 Å². The molecule has 13 heteroatoms. The fourth-order valence-electron chi connectivity index (χ4n) is 4.31. The molecule has 4 rings (SSSR count). The number of aliphatic hydroxyl groups is 2. The van der Waals surface area contributed by atoms with Crippen LogP contribution in [0.3, 0.4) is 0 Å². The van der Waals surface area contributed by atoms with E-state index in [9.17, 15) is 18.9 Å². The van der Waals surface area contributed by atoms with Crippen molar-refractivity contribution in [1.29, 1.82) is 0 Å². The Balaban J connectivity index is 0.000000482. The van der Waals surface area contributed by atoms with Gasteiger partial charge in [0.15, 0.2) is 0 Å². The van der Waals surface area contributed by atoms with Gasteiger partial charge in [0.05, 0.1) is 29.8 Å². The van der Waals surface area contributed by atoms with Gasteiger partial charge in [-0.05, 0) is 97.2 Å². The van der Waals surface area contributed by atoms with Crippen LogP contribution in [0.2, 0.25) is 0 Å². The van der Waals surface area contributed by atoms with Crippen molar-refractivity contribution >= 4 is 25.7 Å². The fourth-order valence-corrected chi connectivity index (χ4v) is 5.34. The van der Waals surface area contributed by atoms with Gasteiger partial charge in [0.25, 0.3) is 0 Å². The van der Waals surface area contributed by atoms with Crippen molar-refractivity contribution in [2.75, 3.05) is 0 Å². The highest BCUT2D eigenvalue weighted by Gasteiger charge is 2.35. The van der Waals surface area contributed by atoms with Crippen LogP contribution in [0.1, 0.15) is 118 Å². The summed E-state index contributed by atoms with van der Waals surface area (Å²) in [4.78, 5) is 37.0. The topological polar surface area (TPSA) is 186 Å². The number of carbonyl (C=O) groups is 3. The maximum atomic E-state index is 13.2.